The first-order valence-electron chi connectivity index (χ1n) is 5.61. The molecule has 2 N–H and O–H groups in total. The zero-order chi connectivity index (χ0) is 12.1. The summed E-state index contributed by atoms with van der Waals surface area (Å²) in [4.78, 5) is 0. The van der Waals surface area contributed by atoms with Crippen LogP contribution in [0.3, 0.4) is 0 Å². The third kappa shape index (κ3) is 4.10. The predicted molar refractivity (Wildman–Crippen MR) is 73.5 cm³/mol. The van der Waals surface area contributed by atoms with E-state index < -0.39 is 0 Å². The van der Waals surface area contributed by atoms with Gasteiger partial charge in [0.2, 0.25) is 0 Å². The molecule has 1 unspecified atom stereocenters. The summed E-state index contributed by atoms with van der Waals surface area (Å²) in [6.45, 7) is 4.09. The summed E-state index contributed by atoms with van der Waals surface area (Å²) in [5.41, 5.74) is 8.09. The maximum atomic E-state index is 5.83. The van der Waals surface area contributed by atoms with Crippen LogP contribution in [0.5, 0.6) is 11.5 Å². The Balaban J connectivity index is 0.00000256. The fraction of sp³-hybridized carbons (Fsp3) is 0.538. The summed E-state index contributed by atoms with van der Waals surface area (Å²) < 4.78 is 10.8. The molecule has 98 valence electrons. The fourth-order valence-corrected chi connectivity index (χ4v) is 1.77. The SMILES string of the molecule is CCc1cc(OC)c(CC(C)N)c(OC)c1.Cl. The Hall–Kier alpha value is -0.930. The van der Waals surface area contributed by atoms with Crippen molar-refractivity contribution in [3.63, 3.8) is 0 Å². The van der Waals surface area contributed by atoms with Crippen LogP contribution in [0.15, 0.2) is 12.1 Å². The van der Waals surface area contributed by atoms with Gasteiger partial charge in [-0.25, -0.2) is 0 Å². The van der Waals surface area contributed by atoms with Gasteiger partial charge in [-0.2, -0.15) is 0 Å². The second-order valence-electron chi connectivity index (χ2n) is 4.01. The molecule has 0 aromatic heterocycles. The number of benzene rings is 1. The van der Waals surface area contributed by atoms with Crippen molar-refractivity contribution in [3.05, 3.63) is 23.3 Å². The van der Waals surface area contributed by atoms with Gasteiger partial charge in [-0.1, -0.05) is 6.92 Å². The molecule has 1 rings (SSSR count). The zero-order valence-corrected chi connectivity index (χ0v) is 11.8. The molecule has 0 fully saturated rings. The number of rotatable bonds is 5. The van der Waals surface area contributed by atoms with E-state index >= 15 is 0 Å². The summed E-state index contributed by atoms with van der Waals surface area (Å²) >= 11 is 0. The van der Waals surface area contributed by atoms with Crippen LogP contribution in [0, 0.1) is 0 Å². The van der Waals surface area contributed by atoms with E-state index in [9.17, 15) is 0 Å². The maximum Gasteiger partial charge on any atom is 0.126 e. The number of hydrogen-bond donors (Lipinski definition) is 1. The molecule has 17 heavy (non-hydrogen) atoms. The summed E-state index contributed by atoms with van der Waals surface area (Å²) in [6.07, 6.45) is 1.72. The van der Waals surface area contributed by atoms with Gasteiger partial charge < -0.3 is 15.2 Å². The maximum absolute atomic E-state index is 5.83. The average Bonchev–Trinajstić information content (AvgIpc) is 2.28. The predicted octanol–water partition coefficient (Wildman–Crippen LogP) is 2.58. The lowest BCUT2D eigenvalue weighted by molar-refractivity contribution is 0.382. The van der Waals surface area contributed by atoms with Crippen LogP contribution in [0.25, 0.3) is 0 Å². The lowest BCUT2D eigenvalue weighted by Gasteiger charge is -2.16. The van der Waals surface area contributed by atoms with Crippen molar-refractivity contribution in [2.75, 3.05) is 14.2 Å². The summed E-state index contributed by atoms with van der Waals surface area (Å²) in [5, 5.41) is 0. The summed E-state index contributed by atoms with van der Waals surface area (Å²) in [6, 6.07) is 4.20. The topological polar surface area (TPSA) is 44.5 Å². The highest BCUT2D eigenvalue weighted by Crippen LogP contribution is 2.31. The van der Waals surface area contributed by atoms with Crippen LogP contribution in [0.1, 0.15) is 25.0 Å². The zero-order valence-electron chi connectivity index (χ0n) is 10.9. The Morgan fingerprint density at radius 2 is 1.65 bits per heavy atom. The van der Waals surface area contributed by atoms with E-state index in [1.54, 1.807) is 14.2 Å². The van der Waals surface area contributed by atoms with Gasteiger partial charge >= 0.3 is 0 Å². The largest absolute Gasteiger partial charge is 0.496 e. The molecule has 0 spiro atoms. The van der Waals surface area contributed by atoms with Crippen LogP contribution < -0.4 is 15.2 Å². The Kier molecular flexibility index (Phi) is 7.00. The van der Waals surface area contributed by atoms with E-state index in [2.05, 4.69) is 19.1 Å². The number of nitrogens with two attached hydrogens (primary N) is 1. The van der Waals surface area contributed by atoms with Crippen molar-refractivity contribution >= 4 is 12.4 Å². The summed E-state index contributed by atoms with van der Waals surface area (Å²) in [7, 11) is 3.36. The molecule has 1 aromatic rings. The molecule has 0 aliphatic rings. The normalized spacial score (nSPS) is 11.6. The molecule has 0 amide bonds. The Bertz CT molecular complexity index is 328. The smallest absolute Gasteiger partial charge is 0.126 e. The van der Waals surface area contributed by atoms with Gasteiger partial charge in [0.05, 0.1) is 14.2 Å². The van der Waals surface area contributed by atoms with Gasteiger partial charge in [-0.3, -0.25) is 0 Å². The van der Waals surface area contributed by atoms with Crippen LogP contribution in [-0.4, -0.2) is 20.3 Å². The molecule has 0 radical (unpaired) electrons. The molecule has 0 saturated heterocycles. The molecule has 3 nitrogen and oxygen atoms in total. The second-order valence-corrected chi connectivity index (χ2v) is 4.01. The van der Waals surface area contributed by atoms with Crippen LogP contribution >= 0.6 is 12.4 Å². The first-order valence-corrected chi connectivity index (χ1v) is 5.61. The van der Waals surface area contributed by atoms with Crippen molar-refractivity contribution in [2.24, 2.45) is 5.73 Å². The monoisotopic (exact) mass is 259 g/mol. The number of aryl methyl sites for hydroxylation is 1. The highest BCUT2D eigenvalue weighted by molar-refractivity contribution is 5.85. The quantitative estimate of drug-likeness (QED) is 0.884. The van der Waals surface area contributed by atoms with Crippen molar-refractivity contribution in [1.82, 2.24) is 0 Å². The lowest BCUT2D eigenvalue weighted by Crippen LogP contribution is -2.18. The molecule has 0 bridgehead atoms. The highest BCUT2D eigenvalue weighted by atomic mass is 35.5. The Labute approximate surface area is 110 Å². The van der Waals surface area contributed by atoms with Gasteiger partial charge in [0.25, 0.3) is 0 Å². The van der Waals surface area contributed by atoms with E-state index in [0.717, 1.165) is 29.9 Å². The Morgan fingerprint density at radius 3 is 1.94 bits per heavy atom. The molecular formula is C13H22ClNO2. The van der Waals surface area contributed by atoms with Crippen LogP contribution in [0.4, 0.5) is 0 Å². The molecule has 0 saturated carbocycles. The van der Waals surface area contributed by atoms with E-state index in [1.165, 1.54) is 5.56 Å². The van der Waals surface area contributed by atoms with Gasteiger partial charge in [-0.15, -0.1) is 12.4 Å². The number of halogens is 1. The third-order valence-electron chi connectivity index (χ3n) is 2.60. The molecule has 0 aliphatic heterocycles. The first-order chi connectivity index (χ1) is 7.62. The minimum Gasteiger partial charge on any atom is -0.496 e. The first kappa shape index (κ1) is 16.1. The molecule has 0 aliphatic carbocycles. The molecule has 1 atom stereocenters. The second kappa shape index (κ2) is 7.41. The standard InChI is InChI=1S/C13H21NO2.ClH/c1-5-10-7-12(15-3)11(6-9(2)14)13(8-10)16-4;/h7-9H,5-6,14H2,1-4H3;1H. The van der Waals surface area contributed by atoms with E-state index in [1.807, 2.05) is 6.92 Å². The minimum atomic E-state index is 0. The van der Waals surface area contributed by atoms with E-state index in [-0.39, 0.29) is 18.4 Å². The van der Waals surface area contributed by atoms with Crippen LogP contribution in [-0.2, 0) is 12.8 Å². The fourth-order valence-electron chi connectivity index (χ4n) is 1.77. The van der Waals surface area contributed by atoms with Gasteiger partial charge in [0.1, 0.15) is 11.5 Å². The Morgan fingerprint density at radius 1 is 1.18 bits per heavy atom. The molecule has 4 heteroatoms. The number of hydrogen-bond acceptors (Lipinski definition) is 3. The van der Waals surface area contributed by atoms with Gasteiger partial charge in [0.15, 0.2) is 0 Å². The van der Waals surface area contributed by atoms with E-state index in [4.69, 9.17) is 15.2 Å². The van der Waals surface area contributed by atoms with Crippen molar-refractivity contribution in [2.45, 2.75) is 32.7 Å². The third-order valence-corrected chi connectivity index (χ3v) is 2.60. The molecular weight excluding hydrogens is 238 g/mol. The average molecular weight is 260 g/mol. The number of methoxy groups -OCH3 is 2. The van der Waals surface area contributed by atoms with Crippen molar-refractivity contribution in [3.8, 4) is 11.5 Å². The van der Waals surface area contributed by atoms with Crippen molar-refractivity contribution in [1.29, 1.82) is 0 Å². The summed E-state index contributed by atoms with van der Waals surface area (Å²) in [5.74, 6) is 1.74. The molecule has 1 aromatic carbocycles. The van der Waals surface area contributed by atoms with E-state index in [0.29, 0.717) is 0 Å². The molecule has 0 heterocycles. The van der Waals surface area contributed by atoms with Gasteiger partial charge in [0, 0.05) is 11.6 Å². The number of ether oxygens (including phenoxy) is 2. The van der Waals surface area contributed by atoms with Crippen molar-refractivity contribution < 1.29 is 9.47 Å². The lowest BCUT2D eigenvalue weighted by atomic mass is 10.0. The minimum absolute atomic E-state index is 0. The van der Waals surface area contributed by atoms with Crippen LogP contribution in [0.2, 0.25) is 0 Å². The highest BCUT2D eigenvalue weighted by Gasteiger charge is 2.13. The van der Waals surface area contributed by atoms with Gasteiger partial charge in [-0.05, 0) is 37.5 Å².